The van der Waals surface area contributed by atoms with Crippen LogP contribution in [0.5, 0.6) is 5.75 Å². The van der Waals surface area contributed by atoms with Gasteiger partial charge < -0.3 is 15.4 Å². The zero-order chi connectivity index (χ0) is 17.0. The molecule has 0 aliphatic carbocycles. The molecule has 120 valence electrons. The van der Waals surface area contributed by atoms with Gasteiger partial charge in [-0.3, -0.25) is 10.1 Å². The molecular weight excluding hydrogens is 300 g/mol. The summed E-state index contributed by atoms with van der Waals surface area (Å²) in [6, 6.07) is 10.3. The summed E-state index contributed by atoms with van der Waals surface area (Å²) >= 11 is 0. The number of oxime groups is 1. The lowest BCUT2D eigenvalue weighted by Crippen LogP contribution is -2.09. The molecular formula is C16H16N2O5. The number of nitrogens with zero attached hydrogens (tertiary/aromatic N) is 2. The van der Waals surface area contributed by atoms with Crippen molar-refractivity contribution in [2.45, 2.75) is 19.4 Å². The van der Waals surface area contributed by atoms with E-state index in [1.54, 1.807) is 12.1 Å². The number of aliphatic hydroxyl groups is 1. The zero-order valence-electron chi connectivity index (χ0n) is 12.4. The van der Waals surface area contributed by atoms with Crippen molar-refractivity contribution in [2.24, 2.45) is 5.16 Å². The van der Waals surface area contributed by atoms with Gasteiger partial charge in [0.1, 0.15) is 5.75 Å². The van der Waals surface area contributed by atoms with Crippen molar-refractivity contribution in [3.05, 3.63) is 69.3 Å². The van der Waals surface area contributed by atoms with Crippen molar-refractivity contribution < 1.29 is 20.3 Å². The van der Waals surface area contributed by atoms with Gasteiger partial charge in [-0.1, -0.05) is 16.8 Å². The predicted octanol–water partition coefficient (Wildman–Crippen LogP) is 2.91. The van der Waals surface area contributed by atoms with Crippen LogP contribution >= 0.6 is 0 Å². The van der Waals surface area contributed by atoms with E-state index in [0.717, 1.165) is 5.56 Å². The van der Waals surface area contributed by atoms with E-state index in [-0.39, 0.29) is 23.6 Å². The molecule has 2 aromatic carbocycles. The van der Waals surface area contributed by atoms with E-state index in [4.69, 9.17) is 0 Å². The molecule has 0 spiro atoms. The topological polar surface area (TPSA) is 116 Å². The van der Waals surface area contributed by atoms with Crippen LogP contribution in [0.3, 0.4) is 0 Å². The molecule has 0 heterocycles. The molecule has 3 N–H and O–H groups in total. The summed E-state index contributed by atoms with van der Waals surface area (Å²) in [7, 11) is 0. The predicted molar refractivity (Wildman–Crippen MR) is 83.8 cm³/mol. The van der Waals surface area contributed by atoms with E-state index in [2.05, 4.69) is 5.16 Å². The summed E-state index contributed by atoms with van der Waals surface area (Å²) in [6.45, 7) is 1.82. The SMILES string of the molecule is Cc1ccc(O)c(/C(CC(O)c2ccc([N+](=O)[O-])cc2)=N/O)c1. The number of non-ortho nitro benzene ring substituents is 1. The van der Waals surface area contributed by atoms with E-state index < -0.39 is 11.0 Å². The van der Waals surface area contributed by atoms with Gasteiger partial charge in [0.25, 0.3) is 5.69 Å². The molecule has 23 heavy (non-hydrogen) atoms. The Labute approximate surface area is 132 Å². The molecule has 7 nitrogen and oxygen atoms in total. The lowest BCUT2D eigenvalue weighted by molar-refractivity contribution is -0.384. The molecule has 2 rings (SSSR count). The van der Waals surface area contributed by atoms with Crippen LogP contribution in [0, 0.1) is 17.0 Å². The number of phenolic OH excluding ortho intramolecular Hbond substituents is 1. The van der Waals surface area contributed by atoms with Gasteiger partial charge in [-0.15, -0.1) is 0 Å². The van der Waals surface area contributed by atoms with Gasteiger partial charge in [0.05, 0.1) is 16.7 Å². The highest BCUT2D eigenvalue weighted by Gasteiger charge is 2.17. The fourth-order valence-corrected chi connectivity index (χ4v) is 2.20. The Morgan fingerprint density at radius 2 is 1.91 bits per heavy atom. The molecule has 1 unspecified atom stereocenters. The first kappa shape index (κ1) is 16.4. The second kappa shape index (κ2) is 6.89. The summed E-state index contributed by atoms with van der Waals surface area (Å²) in [5.74, 6) is -0.0562. The molecule has 0 aliphatic heterocycles. The summed E-state index contributed by atoms with van der Waals surface area (Å²) < 4.78 is 0. The molecule has 0 aliphatic rings. The van der Waals surface area contributed by atoms with Crippen molar-refractivity contribution in [2.75, 3.05) is 0 Å². The lowest BCUT2D eigenvalue weighted by atomic mass is 9.97. The van der Waals surface area contributed by atoms with Crippen LogP contribution in [0.15, 0.2) is 47.6 Å². The number of aryl methyl sites for hydroxylation is 1. The first-order valence-corrected chi connectivity index (χ1v) is 6.85. The maximum Gasteiger partial charge on any atom is 0.269 e. The van der Waals surface area contributed by atoms with Gasteiger partial charge in [-0.2, -0.15) is 0 Å². The van der Waals surface area contributed by atoms with Gasteiger partial charge in [0.2, 0.25) is 0 Å². The Balaban J connectivity index is 2.21. The minimum absolute atomic E-state index is 0.0503. The van der Waals surface area contributed by atoms with Gasteiger partial charge >= 0.3 is 0 Å². The minimum atomic E-state index is -1.03. The van der Waals surface area contributed by atoms with Crippen molar-refractivity contribution in [1.82, 2.24) is 0 Å². The number of benzene rings is 2. The van der Waals surface area contributed by atoms with Crippen LogP contribution in [0.4, 0.5) is 5.69 Å². The second-order valence-electron chi connectivity index (χ2n) is 5.14. The van der Waals surface area contributed by atoms with Gasteiger partial charge in [-0.05, 0) is 36.8 Å². The van der Waals surface area contributed by atoms with Crippen LogP contribution in [0.25, 0.3) is 0 Å². The average Bonchev–Trinajstić information content (AvgIpc) is 2.55. The Hall–Kier alpha value is -2.93. The molecule has 0 aromatic heterocycles. The highest BCUT2D eigenvalue weighted by atomic mass is 16.6. The highest BCUT2D eigenvalue weighted by Crippen LogP contribution is 2.26. The fourth-order valence-electron chi connectivity index (χ4n) is 2.20. The standard InChI is InChI=1S/C16H16N2O5/c1-10-2-7-15(19)13(8-10)14(17-21)9-16(20)11-3-5-12(6-4-11)18(22)23/h2-8,16,19-21H,9H2,1H3/b17-14+. The van der Waals surface area contributed by atoms with Gasteiger partial charge in [0.15, 0.2) is 0 Å². The summed E-state index contributed by atoms with van der Waals surface area (Å²) in [5, 5.41) is 43.1. The first-order valence-electron chi connectivity index (χ1n) is 6.85. The maximum atomic E-state index is 10.6. The molecule has 1 atom stereocenters. The van der Waals surface area contributed by atoms with E-state index in [9.17, 15) is 25.5 Å². The number of phenols is 1. The number of nitro groups is 1. The van der Waals surface area contributed by atoms with Crippen molar-refractivity contribution in [3.63, 3.8) is 0 Å². The number of rotatable bonds is 5. The average molecular weight is 316 g/mol. The van der Waals surface area contributed by atoms with E-state index in [1.165, 1.54) is 30.3 Å². The lowest BCUT2D eigenvalue weighted by Gasteiger charge is -2.13. The quantitative estimate of drug-likeness (QED) is 0.339. The van der Waals surface area contributed by atoms with Crippen molar-refractivity contribution in [1.29, 1.82) is 0 Å². The van der Waals surface area contributed by atoms with Crippen LogP contribution in [0.2, 0.25) is 0 Å². The maximum absolute atomic E-state index is 10.6. The number of nitro benzene ring substituents is 1. The number of hydrogen-bond acceptors (Lipinski definition) is 6. The fraction of sp³-hybridized carbons (Fsp3) is 0.188. The molecule has 0 radical (unpaired) electrons. The van der Waals surface area contributed by atoms with Crippen LogP contribution < -0.4 is 0 Å². The Kier molecular flexibility index (Phi) is 4.92. The molecule has 0 amide bonds. The summed E-state index contributed by atoms with van der Waals surface area (Å²) in [5.41, 5.74) is 1.69. The van der Waals surface area contributed by atoms with E-state index in [1.807, 2.05) is 6.92 Å². The van der Waals surface area contributed by atoms with Crippen molar-refractivity contribution >= 4 is 11.4 Å². The molecule has 0 saturated heterocycles. The molecule has 2 aromatic rings. The second-order valence-corrected chi connectivity index (χ2v) is 5.14. The van der Waals surface area contributed by atoms with Gasteiger partial charge in [-0.25, -0.2) is 0 Å². The van der Waals surface area contributed by atoms with Crippen LogP contribution in [-0.2, 0) is 0 Å². The Morgan fingerprint density at radius 1 is 1.26 bits per heavy atom. The minimum Gasteiger partial charge on any atom is -0.507 e. The molecule has 0 bridgehead atoms. The summed E-state index contributed by atoms with van der Waals surface area (Å²) in [4.78, 5) is 10.1. The Morgan fingerprint density at radius 3 is 2.48 bits per heavy atom. The third kappa shape index (κ3) is 3.83. The third-order valence-corrected chi connectivity index (χ3v) is 3.46. The molecule has 0 fully saturated rings. The van der Waals surface area contributed by atoms with Crippen molar-refractivity contribution in [3.8, 4) is 5.75 Å². The third-order valence-electron chi connectivity index (χ3n) is 3.46. The smallest absolute Gasteiger partial charge is 0.269 e. The van der Waals surface area contributed by atoms with Crippen LogP contribution in [-0.4, -0.2) is 26.1 Å². The number of aromatic hydroxyl groups is 1. The number of aliphatic hydroxyl groups excluding tert-OH is 1. The molecule has 0 saturated carbocycles. The number of hydrogen-bond donors (Lipinski definition) is 3. The zero-order valence-corrected chi connectivity index (χ0v) is 12.4. The molecule has 7 heteroatoms. The largest absolute Gasteiger partial charge is 0.507 e. The van der Waals surface area contributed by atoms with Crippen LogP contribution in [0.1, 0.15) is 29.2 Å². The van der Waals surface area contributed by atoms with E-state index >= 15 is 0 Å². The van der Waals surface area contributed by atoms with Gasteiger partial charge in [0, 0.05) is 24.1 Å². The summed E-state index contributed by atoms with van der Waals surface area (Å²) in [6.07, 6.45) is -1.08. The van der Waals surface area contributed by atoms with E-state index in [0.29, 0.717) is 11.1 Å². The first-order chi connectivity index (χ1) is 10.9. The normalized spacial score (nSPS) is 12.9. The Bertz CT molecular complexity index is 741. The monoisotopic (exact) mass is 316 g/mol. The highest BCUT2D eigenvalue weighted by molar-refractivity contribution is 6.02.